The smallest absolute Gasteiger partial charge is 0.297 e. The molecule has 0 aliphatic heterocycles. The monoisotopic (exact) mass is 1010 g/mol. The fourth-order valence-corrected chi connectivity index (χ4v) is 9.47. The van der Waals surface area contributed by atoms with Crippen molar-refractivity contribution in [2.45, 2.75) is 19.6 Å². The zero-order chi connectivity index (χ0) is 48.2. The summed E-state index contributed by atoms with van der Waals surface area (Å²) in [6.45, 7) is 0. The van der Waals surface area contributed by atoms with E-state index in [1.54, 1.807) is 36.4 Å². The number of nitrogens with one attached hydrogen (secondary N) is 2. The van der Waals surface area contributed by atoms with E-state index in [1.807, 2.05) is 0 Å². The lowest BCUT2D eigenvalue weighted by molar-refractivity contribution is 0.472. The highest BCUT2D eigenvalue weighted by Crippen LogP contribution is 2.47. The number of fused-ring (bicyclic) bond motifs is 3. The van der Waals surface area contributed by atoms with Gasteiger partial charge < -0.3 is 20.8 Å². The van der Waals surface area contributed by atoms with Gasteiger partial charge in [0.15, 0.2) is 11.5 Å². The summed E-state index contributed by atoms with van der Waals surface area (Å²) < 4.78 is 141. The van der Waals surface area contributed by atoms with Crippen LogP contribution in [0.4, 0.5) is 46.0 Å². The Morgan fingerprint density at radius 1 is 0.493 bits per heavy atom. The van der Waals surface area contributed by atoms with Gasteiger partial charge in [0.1, 0.15) is 26.9 Å². The maximum atomic E-state index is 12.7. The van der Waals surface area contributed by atoms with Gasteiger partial charge in [0.05, 0.1) is 26.9 Å². The maximum absolute atomic E-state index is 12.7. The van der Waals surface area contributed by atoms with Crippen LogP contribution in [0.25, 0.3) is 32.3 Å². The summed E-state index contributed by atoms with van der Waals surface area (Å²) in [6, 6.07) is 23.6. The minimum Gasteiger partial charge on any atom is -0.505 e. The Morgan fingerprint density at radius 3 is 1.63 bits per heavy atom. The Balaban J connectivity index is 1.27. The van der Waals surface area contributed by atoms with Crippen molar-refractivity contribution >= 4 is 130 Å². The highest BCUT2D eigenvalue weighted by Gasteiger charge is 2.27. The summed E-state index contributed by atoms with van der Waals surface area (Å²) in [5, 5.41) is 42.8. The lowest BCUT2D eigenvalue weighted by Crippen LogP contribution is -2.07. The van der Waals surface area contributed by atoms with Crippen molar-refractivity contribution in [1.29, 1.82) is 0 Å². The number of nitrogens with zero attached hydrogens (tertiary/aromatic N) is 7. The minimum absolute atomic E-state index is 0.0144. The molecule has 0 aliphatic rings. The molecule has 0 radical (unpaired) electrons. The van der Waals surface area contributed by atoms with Gasteiger partial charge >= 0.3 is 0 Å². The molecule has 23 nitrogen and oxygen atoms in total. The Hall–Kier alpha value is -7.34. The molecule has 0 fully saturated rings. The Morgan fingerprint density at radius 2 is 1.03 bits per heavy atom. The first-order chi connectivity index (χ1) is 31.5. The molecular weight excluding hydrogens is 982 g/mol. The van der Waals surface area contributed by atoms with Gasteiger partial charge in [-0.25, -0.2) is 0 Å². The number of benzene rings is 7. The Kier molecular flexibility index (Phi) is 11.8. The topological polar surface area (TPSA) is 370 Å². The van der Waals surface area contributed by atoms with Crippen molar-refractivity contribution < 1.29 is 62.1 Å². The molecule has 0 atom stereocenters. The van der Waals surface area contributed by atoms with E-state index in [0.29, 0.717) is 23.2 Å². The fourth-order valence-electron chi connectivity index (χ4n) is 6.73. The number of azo groups is 2. The van der Waals surface area contributed by atoms with Gasteiger partial charge in [0.2, 0.25) is 17.2 Å². The zero-order valence-corrected chi connectivity index (χ0v) is 37.0. The molecule has 1 aromatic heterocycles. The third-order valence-electron chi connectivity index (χ3n) is 9.54. The average molecular weight is 1010 g/mol. The molecule has 1 heterocycles. The molecular formula is C39H26ClN9O14S4. The van der Waals surface area contributed by atoms with Crippen LogP contribution in [-0.2, 0) is 40.5 Å². The second kappa shape index (κ2) is 17.1. The molecule has 8 rings (SSSR count). The van der Waals surface area contributed by atoms with Crippen LogP contribution in [0.15, 0.2) is 149 Å². The number of aromatic hydroxyl groups is 2. The first-order valence-electron chi connectivity index (χ1n) is 18.3. The van der Waals surface area contributed by atoms with E-state index >= 15 is 0 Å². The zero-order valence-electron chi connectivity index (χ0n) is 33.0. The normalized spacial score (nSPS) is 12.7. The molecule has 0 bridgehead atoms. The Labute approximate surface area is 382 Å². The summed E-state index contributed by atoms with van der Waals surface area (Å²) in [4.78, 5) is 8.61. The van der Waals surface area contributed by atoms with E-state index < -0.39 is 117 Å². The SMILES string of the molecule is O=S(=O)(O)c1cc(Nc2nc(Cl)nc(Nc3cc(S(=O)(=O)O)cc4cc(S(=O)(=O)O)c(/N=N/c5ccc6ccccc6c5S(=O)(=O)O)c(O)c34)n2)c2c(O)c(/N=N/c3ccccc3)ccc2c1. The molecule has 342 valence electrons. The highest BCUT2D eigenvalue weighted by molar-refractivity contribution is 7.86. The molecule has 67 heavy (non-hydrogen) atoms. The van der Waals surface area contributed by atoms with Crippen molar-refractivity contribution in [1.82, 2.24) is 15.0 Å². The van der Waals surface area contributed by atoms with Crippen molar-refractivity contribution in [3.05, 3.63) is 114 Å². The Bertz CT molecular complexity index is 3920. The summed E-state index contributed by atoms with van der Waals surface area (Å²) in [7, 11) is -20.5. The molecule has 0 aliphatic carbocycles. The van der Waals surface area contributed by atoms with Crippen LogP contribution in [-0.4, -0.2) is 77.0 Å². The molecule has 0 unspecified atom stereocenters. The van der Waals surface area contributed by atoms with E-state index in [0.717, 1.165) is 24.3 Å². The summed E-state index contributed by atoms with van der Waals surface area (Å²) in [6.07, 6.45) is 0. The van der Waals surface area contributed by atoms with Crippen LogP contribution in [0.3, 0.4) is 0 Å². The van der Waals surface area contributed by atoms with Crippen molar-refractivity contribution in [2.75, 3.05) is 10.6 Å². The largest absolute Gasteiger partial charge is 0.505 e. The van der Waals surface area contributed by atoms with Crippen LogP contribution in [0.1, 0.15) is 0 Å². The quantitative estimate of drug-likeness (QED) is 0.0419. The van der Waals surface area contributed by atoms with E-state index in [2.05, 4.69) is 46.0 Å². The summed E-state index contributed by atoms with van der Waals surface area (Å²) >= 11 is 6.27. The first-order valence-corrected chi connectivity index (χ1v) is 24.5. The molecule has 8 aromatic rings. The average Bonchev–Trinajstić information content (AvgIpc) is 3.24. The van der Waals surface area contributed by atoms with Crippen LogP contribution in [0.5, 0.6) is 11.5 Å². The van der Waals surface area contributed by atoms with E-state index in [1.165, 1.54) is 36.4 Å². The molecule has 28 heteroatoms. The predicted molar refractivity (Wildman–Crippen MR) is 241 cm³/mol. The van der Waals surface area contributed by atoms with E-state index in [9.17, 15) is 62.1 Å². The number of hydrogen-bond acceptors (Lipinski definition) is 19. The summed E-state index contributed by atoms with van der Waals surface area (Å²) in [5.41, 5.74) is -1.99. The van der Waals surface area contributed by atoms with Gasteiger partial charge in [-0.1, -0.05) is 54.6 Å². The number of phenols is 2. The molecule has 0 saturated carbocycles. The van der Waals surface area contributed by atoms with Crippen LogP contribution in [0, 0.1) is 0 Å². The lowest BCUT2D eigenvalue weighted by Gasteiger charge is -2.16. The van der Waals surface area contributed by atoms with Gasteiger partial charge in [-0.3, -0.25) is 18.2 Å². The third-order valence-corrected chi connectivity index (χ3v) is 13.2. The second-order valence-corrected chi connectivity index (χ2v) is 19.8. The van der Waals surface area contributed by atoms with Crippen LogP contribution < -0.4 is 10.6 Å². The van der Waals surface area contributed by atoms with Gasteiger partial charge in [0.25, 0.3) is 40.5 Å². The molecule has 8 N–H and O–H groups in total. The molecule has 0 amide bonds. The van der Waals surface area contributed by atoms with Crippen molar-refractivity contribution in [3.63, 3.8) is 0 Å². The predicted octanol–water partition coefficient (Wildman–Crippen LogP) is 8.70. The van der Waals surface area contributed by atoms with Crippen molar-refractivity contribution in [3.8, 4) is 11.5 Å². The molecule has 0 saturated heterocycles. The van der Waals surface area contributed by atoms with Crippen molar-refractivity contribution in [2.24, 2.45) is 20.5 Å². The maximum Gasteiger partial charge on any atom is 0.297 e. The first kappa shape index (κ1) is 46.2. The van der Waals surface area contributed by atoms with Gasteiger partial charge in [-0.05, 0) is 82.4 Å². The third kappa shape index (κ3) is 9.65. The number of aromatic nitrogens is 3. The van der Waals surface area contributed by atoms with E-state index in [4.69, 9.17) is 11.6 Å². The molecule has 7 aromatic carbocycles. The lowest BCUT2D eigenvalue weighted by atomic mass is 10.1. The number of rotatable bonds is 12. The number of phenolic OH excluding ortho intramolecular Hbond substituents is 2. The number of hydrogen-bond donors (Lipinski definition) is 8. The molecule has 0 spiro atoms. The van der Waals surface area contributed by atoms with Gasteiger partial charge in [0, 0.05) is 16.2 Å². The summed E-state index contributed by atoms with van der Waals surface area (Å²) in [5.74, 6) is -2.74. The minimum atomic E-state index is -5.39. The van der Waals surface area contributed by atoms with Gasteiger partial charge in [-0.2, -0.15) is 53.7 Å². The fraction of sp³-hybridized carbons (Fsp3) is 0. The van der Waals surface area contributed by atoms with E-state index in [-0.39, 0.29) is 27.5 Å². The number of halogens is 1. The number of anilines is 4. The highest BCUT2D eigenvalue weighted by atomic mass is 35.5. The van der Waals surface area contributed by atoms with Crippen LogP contribution >= 0.6 is 11.6 Å². The second-order valence-electron chi connectivity index (χ2n) is 13.9. The van der Waals surface area contributed by atoms with Gasteiger partial charge in [-0.15, -0.1) is 15.3 Å². The standard InChI is InChI=1S/C39H26ClN9O14S4/c40-37-43-38(41-28-17-23(64(52,53)54)14-20-11-12-26(34(50)31(20)28)47-46-22-7-2-1-3-8-22)45-39(44-37)42-29-18-24(65(55,56)57)15-21-16-30(66(58,59)60)33(35(51)32(21)29)49-48-27-13-10-19-6-4-5-9-25(19)36(27)67(61,62)63/h1-18,50-51H,(H,52,53,54)(H,55,56,57)(H,58,59,60)(H,61,62,63)(H2,41,42,43,44,45)/b47-46+,49-48+. The van der Waals surface area contributed by atoms with Crippen LogP contribution in [0.2, 0.25) is 5.28 Å².